The summed E-state index contributed by atoms with van der Waals surface area (Å²) in [5.41, 5.74) is 0.459. The number of nitro benzene ring substituents is 1. The van der Waals surface area contributed by atoms with Crippen LogP contribution in [0.2, 0.25) is 0 Å². The largest absolute Gasteiger partial charge is 0.465 e. The van der Waals surface area contributed by atoms with Gasteiger partial charge in [-0.25, -0.2) is 13.7 Å². The van der Waals surface area contributed by atoms with Crippen LogP contribution < -0.4 is 4.72 Å². The average Bonchev–Trinajstić information content (AvgIpc) is 2.65. The van der Waals surface area contributed by atoms with Crippen molar-refractivity contribution in [1.29, 1.82) is 0 Å². The number of ether oxygens (including phenoxy) is 1. The molecule has 1 N–H and O–H groups in total. The lowest BCUT2D eigenvalue weighted by molar-refractivity contribution is -0.384. The van der Waals surface area contributed by atoms with E-state index in [4.69, 9.17) is 0 Å². The summed E-state index contributed by atoms with van der Waals surface area (Å²) in [6, 6.07) is 9.71. The molecule has 2 aromatic carbocycles. The molecular formula is C15H14N3O6PS. The number of esters is 1. The molecule has 1 unspecified atom stereocenters. The van der Waals surface area contributed by atoms with E-state index in [9.17, 15) is 24.0 Å². The summed E-state index contributed by atoms with van der Waals surface area (Å²) in [4.78, 5) is 32.4. The van der Waals surface area contributed by atoms with Gasteiger partial charge in [-0.1, -0.05) is 12.1 Å². The van der Waals surface area contributed by atoms with E-state index in [2.05, 4.69) is 22.7 Å². The molecule has 0 saturated carbocycles. The van der Waals surface area contributed by atoms with E-state index in [-0.39, 0.29) is 22.8 Å². The van der Waals surface area contributed by atoms with Crippen LogP contribution in [0.25, 0.3) is 0 Å². The smallest absolute Gasteiger partial charge is 0.337 e. The number of carbonyl (C=O) groups excluding carboxylic acids is 1. The number of carbonyl (C=O) groups is 1. The van der Waals surface area contributed by atoms with Gasteiger partial charge in [0, 0.05) is 18.7 Å². The minimum atomic E-state index is -3.08. The number of non-ortho nitro benzene ring substituents is 1. The van der Waals surface area contributed by atoms with Crippen molar-refractivity contribution >= 4 is 34.7 Å². The highest BCUT2D eigenvalue weighted by atomic mass is 32.5. The molecule has 0 amide bonds. The van der Waals surface area contributed by atoms with Gasteiger partial charge in [-0.3, -0.25) is 10.1 Å². The SMILES string of the molecule is COC(=O)c1ccc(CNS(=O)(=P)c2ccc([N+](=O)[O-])cc2N=O)cc1. The number of rotatable bonds is 7. The highest BCUT2D eigenvalue weighted by Crippen LogP contribution is 2.30. The van der Waals surface area contributed by atoms with Crippen LogP contribution in [0.1, 0.15) is 15.9 Å². The summed E-state index contributed by atoms with van der Waals surface area (Å²) < 4.78 is 20.1. The van der Waals surface area contributed by atoms with Gasteiger partial charge in [-0.15, -0.1) is 4.91 Å². The zero-order valence-corrected chi connectivity index (χ0v) is 15.3. The van der Waals surface area contributed by atoms with Crippen LogP contribution in [-0.4, -0.2) is 22.2 Å². The Morgan fingerprint density at radius 2 is 1.96 bits per heavy atom. The van der Waals surface area contributed by atoms with E-state index < -0.39 is 20.2 Å². The van der Waals surface area contributed by atoms with E-state index in [0.29, 0.717) is 11.1 Å². The zero-order chi connectivity index (χ0) is 19.3. The highest BCUT2D eigenvalue weighted by molar-refractivity contribution is 8.19. The van der Waals surface area contributed by atoms with Crippen LogP contribution in [0.4, 0.5) is 11.4 Å². The van der Waals surface area contributed by atoms with Crippen molar-refractivity contribution in [2.75, 3.05) is 7.11 Å². The molecule has 11 heteroatoms. The summed E-state index contributed by atoms with van der Waals surface area (Å²) in [6.45, 7) is 0.138. The number of nitro groups is 1. The Hall–Kier alpha value is -2.68. The third-order valence-corrected chi connectivity index (χ3v) is 6.02. The average molecular weight is 395 g/mol. The normalized spacial score (nSPS) is 12.8. The standard InChI is InChI=1S/C15H14N3O6PS/c1-24-15(19)11-4-2-10(3-5-11)9-16-26(23,25)14-7-6-12(18(21)22)8-13(14)17-20/h2-8,25H,9H2,1H3,(H,16,23). The van der Waals surface area contributed by atoms with Gasteiger partial charge in [0.1, 0.15) is 5.69 Å². The van der Waals surface area contributed by atoms with Crippen LogP contribution in [0.5, 0.6) is 0 Å². The number of nitrogens with zero attached hydrogens (tertiary/aromatic N) is 2. The van der Waals surface area contributed by atoms with Gasteiger partial charge in [0.25, 0.3) is 5.69 Å². The molecule has 0 saturated heterocycles. The summed E-state index contributed by atoms with van der Waals surface area (Å²) in [5, 5.41) is 13.5. The molecule has 0 aliphatic rings. The van der Waals surface area contributed by atoms with Gasteiger partial charge in [-0.05, 0) is 37.0 Å². The Kier molecular flexibility index (Phi) is 6.14. The maximum Gasteiger partial charge on any atom is 0.337 e. The number of hydrogen-bond donors (Lipinski definition) is 1. The summed E-state index contributed by atoms with van der Waals surface area (Å²) in [5.74, 6) is -0.471. The van der Waals surface area contributed by atoms with Gasteiger partial charge in [0.2, 0.25) is 0 Å². The predicted molar refractivity (Wildman–Crippen MR) is 97.9 cm³/mol. The minimum absolute atomic E-state index is 0.000877. The van der Waals surface area contributed by atoms with Crippen molar-refractivity contribution in [2.45, 2.75) is 11.4 Å². The first kappa shape index (κ1) is 19.6. The second kappa shape index (κ2) is 8.13. The Bertz CT molecular complexity index is 960. The first-order valence-corrected chi connectivity index (χ1v) is 9.89. The van der Waals surface area contributed by atoms with Crippen molar-refractivity contribution in [1.82, 2.24) is 4.72 Å². The molecule has 9 nitrogen and oxygen atoms in total. The van der Waals surface area contributed by atoms with E-state index >= 15 is 0 Å². The van der Waals surface area contributed by atoms with Crippen LogP contribution in [0, 0.1) is 15.0 Å². The molecule has 0 radical (unpaired) electrons. The van der Waals surface area contributed by atoms with Crippen LogP contribution >= 0.6 is 8.02 Å². The molecule has 0 aliphatic carbocycles. The summed E-state index contributed by atoms with van der Waals surface area (Å²) in [7, 11) is 1.29. The molecule has 0 bridgehead atoms. The molecule has 0 aromatic heterocycles. The second-order valence-electron chi connectivity index (χ2n) is 5.07. The number of nitroso groups, excluding NO2 is 1. The molecule has 0 aliphatic heterocycles. The molecule has 26 heavy (non-hydrogen) atoms. The molecule has 0 heterocycles. The fourth-order valence-electron chi connectivity index (χ4n) is 2.07. The maximum absolute atomic E-state index is 12.8. The lowest BCUT2D eigenvalue weighted by Crippen LogP contribution is -2.20. The monoisotopic (exact) mass is 395 g/mol. The third-order valence-electron chi connectivity index (χ3n) is 3.42. The van der Waals surface area contributed by atoms with Crippen LogP contribution in [0.15, 0.2) is 52.5 Å². The molecule has 0 fully saturated rings. The van der Waals surface area contributed by atoms with Crippen molar-refractivity contribution in [3.8, 4) is 0 Å². The number of nitrogens with one attached hydrogen (secondary N) is 1. The number of methoxy groups -OCH3 is 1. The fraction of sp³-hybridized carbons (Fsp3) is 0.133. The van der Waals surface area contributed by atoms with Crippen molar-refractivity contribution in [3.63, 3.8) is 0 Å². The molecule has 2 rings (SSSR count). The quantitative estimate of drug-likeness (QED) is 0.252. The predicted octanol–water partition coefficient (Wildman–Crippen LogP) is 3.19. The van der Waals surface area contributed by atoms with Crippen LogP contribution in [-0.2, 0) is 20.6 Å². The summed E-state index contributed by atoms with van der Waals surface area (Å²) >= 11 is 0. The Morgan fingerprint density at radius 1 is 1.31 bits per heavy atom. The van der Waals surface area contributed by atoms with Crippen LogP contribution in [0.3, 0.4) is 0 Å². The van der Waals surface area contributed by atoms with Gasteiger partial charge in [-0.2, -0.15) is 0 Å². The second-order valence-corrected chi connectivity index (χ2v) is 8.63. The Balaban J connectivity index is 2.20. The molecule has 2 aromatic rings. The highest BCUT2D eigenvalue weighted by Gasteiger charge is 2.18. The van der Waals surface area contributed by atoms with E-state index in [1.54, 1.807) is 24.3 Å². The number of benzene rings is 2. The van der Waals surface area contributed by atoms with E-state index in [0.717, 1.165) is 12.1 Å². The van der Waals surface area contributed by atoms with Gasteiger partial charge < -0.3 is 4.74 Å². The number of hydrogen-bond acceptors (Lipinski definition) is 7. The lowest BCUT2D eigenvalue weighted by atomic mass is 10.1. The maximum atomic E-state index is 12.8. The summed E-state index contributed by atoms with van der Waals surface area (Å²) in [6.07, 6.45) is 0. The Morgan fingerprint density at radius 3 is 2.50 bits per heavy atom. The first-order chi connectivity index (χ1) is 12.3. The third kappa shape index (κ3) is 4.48. The van der Waals surface area contributed by atoms with Gasteiger partial charge >= 0.3 is 5.97 Å². The van der Waals surface area contributed by atoms with Crippen molar-refractivity contribution in [2.24, 2.45) is 5.18 Å². The van der Waals surface area contributed by atoms with E-state index in [1.165, 1.54) is 13.2 Å². The molecular weight excluding hydrogens is 381 g/mol. The molecule has 0 spiro atoms. The minimum Gasteiger partial charge on any atom is -0.465 e. The molecule has 136 valence electrons. The van der Waals surface area contributed by atoms with Crippen molar-refractivity contribution < 1.29 is 18.7 Å². The van der Waals surface area contributed by atoms with Crippen molar-refractivity contribution in [3.05, 3.63) is 68.6 Å². The zero-order valence-electron chi connectivity index (χ0n) is 13.5. The fourth-order valence-corrected chi connectivity index (χ4v) is 3.98. The lowest BCUT2D eigenvalue weighted by Gasteiger charge is -2.12. The van der Waals surface area contributed by atoms with E-state index in [1.807, 2.05) is 0 Å². The first-order valence-electron chi connectivity index (χ1n) is 7.11. The topological polar surface area (TPSA) is 128 Å². The van der Waals surface area contributed by atoms with Gasteiger partial charge in [0.05, 0.1) is 31.8 Å². The Labute approximate surface area is 150 Å². The molecule has 1 atom stereocenters. The van der Waals surface area contributed by atoms with Gasteiger partial charge in [0.15, 0.2) is 0 Å².